The molecular formula is C29H28N6O4S2. The number of hydrogen-bond acceptors (Lipinski definition) is 10. The van der Waals surface area contributed by atoms with Gasteiger partial charge in [0.05, 0.1) is 37.6 Å². The minimum Gasteiger partial charge on any atom is -0.495 e. The molecule has 4 heterocycles. The van der Waals surface area contributed by atoms with Crippen molar-refractivity contribution in [1.29, 1.82) is 0 Å². The molecule has 10 nitrogen and oxygen atoms in total. The van der Waals surface area contributed by atoms with Gasteiger partial charge in [0.2, 0.25) is 5.82 Å². The highest BCUT2D eigenvalue weighted by Crippen LogP contribution is 2.34. The third kappa shape index (κ3) is 5.52. The monoisotopic (exact) mass is 588 g/mol. The molecule has 0 unspecified atom stereocenters. The fourth-order valence-corrected chi connectivity index (χ4v) is 6.50. The van der Waals surface area contributed by atoms with E-state index in [1.54, 1.807) is 20.5 Å². The molecule has 2 aromatic carbocycles. The van der Waals surface area contributed by atoms with Crippen molar-refractivity contribution in [3.05, 3.63) is 83.0 Å². The number of furan rings is 1. The van der Waals surface area contributed by atoms with Gasteiger partial charge in [-0.15, -0.1) is 21.5 Å². The molecule has 0 radical (unpaired) electrons. The van der Waals surface area contributed by atoms with Gasteiger partial charge in [-0.1, -0.05) is 36.0 Å². The molecule has 1 saturated heterocycles. The van der Waals surface area contributed by atoms with Crippen LogP contribution in [0.2, 0.25) is 0 Å². The summed E-state index contributed by atoms with van der Waals surface area (Å²) in [5, 5.41) is 12.2. The van der Waals surface area contributed by atoms with Crippen LogP contribution in [0.25, 0.3) is 17.3 Å². The third-order valence-corrected chi connectivity index (χ3v) is 8.76. The summed E-state index contributed by atoms with van der Waals surface area (Å²) in [5.74, 6) is 3.19. The Balaban J connectivity index is 1.14. The van der Waals surface area contributed by atoms with Crippen molar-refractivity contribution in [2.24, 2.45) is 0 Å². The molecule has 12 heteroatoms. The number of piperazine rings is 1. The van der Waals surface area contributed by atoms with Gasteiger partial charge in [-0.05, 0) is 36.4 Å². The summed E-state index contributed by atoms with van der Waals surface area (Å²) in [4.78, 5) is 22.1. The Morgan fingerprint density at radius 1 is 0.927 bits per heavy atom. The van der Waals surface area contributed by atoms with E-state index in [9.17, 15) is 4.79 Å². The molecule has 41 heavy (non-hydrogen) atoms. The predicted octanol–water partition coefficient (Wildman–Crippen LogP) is 5.26. The number of thiazole rings is 1. The maximum atomic E-state index is 13.3. The average Bonchev–Trinajstić information content (AvgIpc) is 3.81. The van der Waals surface area contributed by atoms with Gasteiger partial charge in [-0.2, -0.15) is 0 Å². The van der Waals surface area contributed by atoms with E-state index in [1.807, 2.05) is 75.5 Å². The standard InChI is InChI=1S/C29H28N6O4S2/c1-37-23-10-5-3-8-21(23)33-13-15-34(16-14-33)28(36)20-18-40-26(30-20)19-41-29-32-31-27(25-12-7-17-39-25)35(29)22-9-4-6-11-24(22)38-2/h3-12,17-18H,13-16,19H2,1-2H3. The fraction of sp³-hybridized carbons (Fsp3) is 0.241. The Morgan fingerprint density at radius 2 is 1.63 bits per heavy atom. The number of rotatable bonds is 9. The normalized spacial score (nSPS) is 13.4. The predicted molar refractivity (Wildman–Crippen MR) is 158 cm³/mol. The van der Waals surface area contributed by atoms with E-state index in [1.165, 1.54) is 23.1 Å². The van der Waals surface area contributed by atoms with E-state index in [4.69, 9.17) is 13.9 Å². The van der Waals surface area contributed by atoms with Gasteiger partial charge in [0.15, 0.2) is 10.9 Å². The van der Waals surface area contributed by atoms with Crippen molar-refractivity contribution in [2.75, 3.05) is 45.3 Å². The van der Waals surface area contributed by atoms with Crippen LogP contribution in [0.1, 0.15) is 15.5 Å². The number of para-hydroxylation sites is 4. The molecule has 0 spiro atoms. The zero-order valence-electron chi connectivity index (χ0n) is 22.6. The second kappa shape index (κ2) is 12.1. The minimum absolute atomic E-state index is 0.0468. The van der Waals surface area contributed by atoms with Crippen LogP contribution in [0.5, 0.6) is 11.5 Å². The zero-order chi connectivity index (χ0) is 28.2. The van der Waals surface area contributed by atoms with Crippen LogP contribution in [-0.4, -0.2) is 71.0 Å². The molecule has 1 aliphatic heterocycles. The van der Waals surface area contributed by atoms with Crippen LogP contribution in [0, 0.1) is 0 Å². The number of hydrogen-bond donors (Lipinski definition) is 0. The summed E-state index contributed by atoms with van der Waals surface area (Å²) >= 11 is 2.96. The number of ether oxygens (including phenoxy) is 2. The summed E-state index contributed by atoms with van der Waals surface area (Å²) in [6.07, 6.45) is 1.61. The van der Waals surface area contributed by atoms with Gasteiger partial charge >= 0.3 is 0 Å². The van der Waals surface area contributed by atoms with Crippen LogP contribution >= 0.6 is 23.1 Å². The highest BCUT2D eigenvalue weighted by atomic mass is 32.2. The molecule has 0 atom stereocenters. The number of carbonyl (C=O) groups excluding carboxylic acids is 1. The number of anilines is 1. The fourth-order valence-electron chi connectivity index (χ4n) is 4.77. The molecule has 0 N–H and O–H groups in total. The van der Waals surface area contributed by atoms with Gasteiger partial charge in [-0.3, -0.25) is 9.36 Å². The SMILES string of the molecule is COc1ccccc1N1CCN(C(=O)c2csc(CSc3nnc(-c4ccco4)n3-c3ccccc3OC)n2)CC1. The molecule has 0 bridgehead atoms. The van der Waals surface area contributed by atoms with Crippen molar-refractivity contribution >= 4 is 34.7 Å². The highest BCUT2D eigenvalue weighted by Gasteiger charge is 2.26. The van der Waals surface area contributed by atoms with E-state index in [0.29, 0.717) is 47.0 Å². The van der Waals surface area contributed by atoms with E-state index >= 15 is 0 Å². The van der Waals surface area contributed by atoms with E-state index in [2.05, 4.69) is 20.1 Å². The second-order valence-electron chi connectivity index (χ2n) is 9.16. The van der Waals surface area contributed by atoms with Gasteiger partial charge in [0, 0.05) is 31.6 Å². The molecule has 0 aliphatic carbocycles. The summed E-state index contributed by atoms with van der Waals surface area (Å²) in [6.45, 7) is 2.71. The first kappa shape index (κ1) is 26.9. The summed E-state index contributed by atoms with van der Waals surface area (Å²) in [6, 6.07) is 19.3. The Labute approximate surface area is 245 Å². The third-order valence-electron chi connectivity index (χ3n) is 6.79. The van der Waals surface area contributed by atoms with Crippen molar-refractivity contribution in [3.63, 3.8) is 0 Å². The Morgan fingerprint density at radius 3 is 2.34 bits per heavy atom. The minimum atomic E-state index is -0.0468. The lowest BCUT2D eigenvalue weighted by Crippen LogP contribution is -2.49. The van der Waals surface area contributed by atoms with Crippen LogP contribution in [0.15, 0.2) is 81.9 Å². The topological polar surface area (TPSA) is 98.8 Å². The lowest BCUT2D eigenvalue weighted by atomic mass is 10.2. The number of thioether (sulfide) groups is 1. The maximum Gasteiger partial charge on any atom is 0.273 e. The molecule has 3 aromatic heterocycles. The zero-order valence-corrected chi connectivity index (χ0v) is 24.2. The molecule has 1 amide bonds. The molecule has 1 fully saturated rings. The lowest BCUT2D eigenvalue weighted by Gasteiger charge is -2.36. The lowest BCUT2D eigenvalue weighted by molar-refractivity contribution is 0.0741. The summed E-state index contributed by atoms with van der Waals surface area (Å²) in [5.41, 5.74) is 2.32. The second-order valence-corrected chi connectivity index (χ2v) is 11.0. The first-order valence-corrected chi connectivity index (χ1v) is 14.9. The maximum absolute atomic E-state index is 13.3. The van der Waals surface area contributed by atoms with Crippen LogP contribution in [0.3, 0.4) is 0 Å². The number of benzene rings is 2. The Bertz CT molecular complexity index is 1630. The van der Waals surface area contributed by atoms with Crippen molar-refractivity contribution < 1.29 is 18.7 Å². The first-order valence-electron chi connectivity index (χ1n) is 13.0. The largest absolute Gasteiger partial charge is 0.495 e. The quantitative estimate of drug-likeness (QED) is 0.214. The van der Waals surface area contributed by atoms with Gasteiger partial charge in [0.1, 0.15) is 22.2 Å². The average molecular weight is 589 g/mol. The first-order chi connectivity index (χ1) is 20.2. The van der Waals surface area contributed by atoms with Crippen LogP contribution < -0.4 is 14.4 Å². The number of aromatic nitrogens is 4. The number of amides is 1. The number of carbonyl (C=O) groups is 1. The smallest absolute Gasteiger partial charge is 0.273 e. The summed E-state index contributed by atoms with van der Waals surface area (Å²) in [7, 11) is 3.31. The van der Waals surface area contributed by atoms with Gasteiger partial charge < -0.3 is 23.7 Å². The molecular weight excluding hydrogens is 560 g/mol. The Hall–Kier alpha value is -4.29. The van der Waals surface area contributed by atoms with E-state index in [-0.39, 0.29) is 5.91 Å². The van der Waals surface area contributed by atoms with Crippen molar-refractivity contribution in [2.45, 2.75) is 10.9 Å². The molecule has 1 aliphatic rings. The van der Waals surface area contributed by atoms with Gasteiger partial charge in [0.25, 0.3) is 5.91 Å². The van der Waals surface area contributed by atoms with Crippen LogP contribution in [-0.2, 0) is 5.75 Å². The van der Waals surface area contributed by atoms with Gasteiger partial charge in [-0.25, -0.2) is 4.98 Å². The van der Waals surface area contributed by atoms with Crippen LogP contribution in [0.4, 0.5) is 5.69 Å². The van der Waals surface area contributed by atoms with Crippen molar-refractivity contribution in [1.82, 2.24) is 24.6 Å². The van der Waals surface area contributed by atoms with Crippen molar-refractivity contribution in [3.8, 4) is 28.8 Å². The molecule has 0 saturated carbocycles. The number of nitrogens with zero attached hydrogens (tertiary/aromatic N) is 6. The highest BCUT2D eigenvalue weighted by molar-refractivity contribution is 7.98. The van der Waals surface area contributed by atoms with E-state index < -0.39 is 0 Å². The molecule has 5 aromatic rings. The molecule has 6 rings (SSSR count). The Kier molecular flexibility index (Phi) is 7.92. The van der Waals surface area contributed by atoms with E-state index in [0.717, 1.165) is 35.2 Å². The number of methoxy groups -OCH3 is 2. The molecule has 210 valence electrons. The summed E-state index contributed by atoms with van der Waals surface area (Å²) < 4.78 is 18.7.